The third-order valence-corrected chi connectivity index (χ3v) is 4.24. The zero-order valence-corrected chi connectivity index (χ0v) is 14.3. The van der Waals surface area contributed by atoms with Crippen molar-refractivity contribution in [3.63, 3.8) is 0 Å². The lowest BCUT2D eigenvalue weighted by Crippen LogP contribution is -2.06. The summed E-state index contributed by atoms with van der Waals surface area (Å²) in [6.07, 6.45) is 3.37. The van der Waals surface area contributed by atoms with Gasteiger partial charge in [-0.1, -0.05) is 71.3 Å². The maximum Gasteiger partial charge on any atom is 0.135 e. The summed E-state index contributed by atoms with van der Waals surface area (Å²) >= 11 is 12.5. The van der Waals surface area contributed by atoms with Crippen LogP contribution in [0.15, 0.2) is 72.5 Å². The van der Waals surface area contributed by atoms with Gasteiger partial charge in [-0.25, -0.2) is 0 Å². The van der Waals surface area contributed by atoms with E-state index in [1.807, 2.05) is 42.5 Å². The highest BCUT2D eigenvalue weighted by molar-refractivity contribution is 6.44. The van der Waals surface area contributed by atoms with Crippen molar-refractivity contribution in [2.24, 2.45) is 5.16 Å². The van der Waals surface area contributed by atoms with Crippen LogP contribution in [0.4, 0.5) is 0 Å². The Morgan fingerprint density at radius 3 is 2.83 bits per heavy atom. The topological polar surface area (TPSA) is 34.5 Å². The van der Waals surface area contributed by atoms with Gasteiger partial charge in [0.05, 0.1) is 15.6 Å². The van der Waals surface area contributed by atoms with Crippen LogP contribution in [0.3, 0.4) is 0 Å². The van der Waals surface area contributed by atoms with E-state index < -0.39 is 0 Å². The number of nitrogens with zero attached hydrogens (tertiary/aromatic N) is 2. The molecule has 0 aliphatic heterocycles. The van der Waals surface area contributed by atoms with Crippen LogP contribution in [0.2, 0.25) is 10.0 Å². The van der Waals surface area contributed by atoms with Gasteiger partial charge in [0.25, 0.3) is 0 Å². The van der Waals surface area contributed by atoms with Crippen molar-refractivity contribution in [2.75, 3.05) is 6.61 Å². The van der Waals surface area contributed by atoms with Gasteiger partial charge in [0, 0.05) is 22.7 Å². The second-order valence-electron chi connectivity index (χ2n) is 5.04. The first-order valence-corrected chi connectivity index (χ1v) is 8.06. The van der Waals surface area contributed by atoms with Gasteiger partial charge >= 0.3 is 0 Å². The van der Waals surface area contributed by atoms with Crippen molar-refractivity contribution in [1.82, 2.24) is 4.98 Å². The summed E-state index contributed by atoms with van der Waals surface area (Å²) in [7, 11) is 0. The number of rotatable bonds is 5. The Morgan fingerprint density at radius 2 is 2.00 bits per heavy atom. The summed E-state index contributed by atoms with van der Waals surface area (Å²) in [6.45, 7) is 3.92. The number of oxime groups is 1. The first-order chi connectivity index (χ1) is 11.7. The molecule has 0 amide bonds. The monoisotopic (exact) mass is 356 g/mol. The SMILES string of the molecule is C=CCON=C(c1cnc2ccccc2c1)c1cccc(Cl)c1Cl. The van der Waals surface area contributed by atoms with E-state index >= 15 is 0 Å². The molecule has 1 aromatic heterocycles. The van der Waals surface area contributed by atoms with E-state index in [2.05, 4.69) is 16.7 Å². The molecule has 1 heterocycles. The third kappa shape index (κ3) is 3.42. The highest BCUT2D eigenvalue weighted by Gasteiger charge is 2.15. The molecule has 3 rings (SSSR count). The van der Waals surface area contributed by atoms with E-state index in [9.17, 15) is 0 Å². The predicted octanol–water partition coefficient (Wildman–Crippen LogP) is 5.50. The van der Waals surface area contributed by atoms with Gasteiger partial charge in [0.2, 0.25) is 0 Å². The van der Waals surface area contributed by atoms with Gasteiger partial charge in [0.1, 0.15) is 12.3 Å². The maximum absolute atomic E-state index is 6.36. The fraction of sp³-hybridized carbons (Fsp3) is 0.0526. The summed E-state index contributed by atoms with van der Waals surface area (Å²) in [5.41, 5.74) is 2.96. The van der Waals surface area contributed by atoms with Crippen molar-refractivity contribution >= 4 is 39.8 Å². The highest BCUT2D eigenvalue weighted by atomic mass is 35.5. The van der Waals surface area contributed by atoms with E-state index in [0.717, 1.165) is 16.5 Å². The molecule has 0 atom stereocenters. The number of fused-ring (bicyclic) bond motifs is 1. The molecule has 0 spiro atoms. The molecular formula is C19H14Cl2N2O. The van der Waals surface area contributed by atoms with E-state index in [1.54, 1.807) is 18.3 Å². The van der Waals surface area contributed by atoms with Gasteiger partial charge in [0.15, 0.2) is 0 Å². The zero-order valence-electron chi connectivity index (χ0n) is 12.7. The average molecular weight is 357 g/mol. The fourth-order valence-corrected chi connectivity index (χ4v) is 2.69. The summed E-state index contributed by atoms with van der Waals surface area (Å²) in [5, 5.41) is 6.11. The molecular weight excluding hydrogens is 343 g/mol. The molecule has 0 aliphatic carbocycles. The molecule has 0 bridgehead atoms. The van der Waals surface area contributed by atoms with E-state index in [0.29, 0.717) is 27.9 Å². The summed E-state index contributed by atoms with van der Waals surface area (Å²) in [6, 6.07) is 15.3. The van der Waals surface area contributed by atoms with Crippen LogP contribution in [0.5, 0.6) is 0 Å². The smallest absolute Gasteiger partial charge is 0.135 e. The summed E-state index contributed by atoms with van der Waals surface area (Å²) in [4.78, 5) is 9.78. The third-order valence-electron chi connectivity index (χ3n) is 3.42. The molecule has 5 heteroatoms. The lowest BCUT2D eigenvalue weighted by molar-refractivity contribution is 0.175. The lowest BCUT2D eigenvalue weighted by Gasteiger charge is -2.10. The maximum atomic E-state index is 6.36. The Labute approximate surface area is 150 Å². The van der Waals surface area contributed by atoms with Crippen LogP contribution in [-0.4, -0.2) is 17.3 Å². The van der Waals surface area contributed by atoms with Crippen LogP contribution >= 0.6 is 23.2 Å². The van der Waals surface area contributed by atoms with Gasteiger partial charge in [-0.3, -0.25) is 4.98 Å². The first-order valence-electron chi connectivity index (χ1n) is 7.31. The molecule has 3 nitrogen and oxygen atoms in total. The number of pyridine rings is 1. The molecule has 120 valence electrons. The Balaban J connectivity index is 2.14. The number of hydrogen-bond acceptors (Lipinski definition) is 3. The number of benzene rings is 2. The number of aromatic nitrogens is 1. The first kappa shape index (κ1) is 16.5. The minimum Gasteiger partial charge on any atom is -0.391 e. The van der Waals surface area contributed by atoms with Crippen molar-refractivity contribution in [2.45, 2.75) is 0 Å². The predicted molar refractivity (Wildman–Crippen MR) is 100.0 cm³/mol. The molecule has 2 aromatic carbocycles. The van der Waals surface area contributed by atoms with Crippen LogP contribution in [0.1, 0.15) is 11.1 Å². The van der Waals surface area contributed by atoms with Gasteiger partial charge in [-0.05, 0) is 18.2 Å². The molecule has 0 radical (unpaired) electrons. The van der Waals surface area contributed by atoms with Gasteiger partial charge in [-0.15, -0.1) is 0 Å². The molecule has 24 heavy (non-hydrogen) atoms. The van der Waals surface area contributed by atoms with Crippen molar-refractivity contribution < 1.29 is 4.84 Å². The van der Waals surface area contributed by atoms with Crippen LogP contribution in [0, 0.1) is 0 Å². The molecule has 0 saturated carbocycles. The van der Waals surface area contributed by atoms with Crippen molar-refractivity contribution in [3.8, 4) is 0 Å². The Kier molecular flexibility index (Phi) is 5.14. The normalized spacial score (nSPS) is 11.5. The van der Waals surface area contributed by atoms with E-state index in [1.165, 1.54) is 0 Å². The second-order valence-corrected chi connectivity index (χ2v) is 5.83. The van der Waals surface area contributed by atoms with Gasteiger partial charge < -0.3 is 4.84 Å². The second kappa shape index (κ2) is 7.47. The number of para-hydroxylation sites is 1. The Morgan fingerprint density at radius 1 is 1.17 bits per heavy atom. The minimum absolute atomic E-state index is 0.294. The highest BCUT2D eigenvalue weighted by Crippen LogP contribution is 2.28. The lowest BCUT2D eigenvalue weighted by atomic mass is 10.0. The summed E-state index contributed by atoms with van der Waals surface area (Å²) in [5.74, 6) is 0. The van der Waals surface area contributed by atoms with Crippen LogP contribution < -0.4 is 0 Å². The van der Waals surface area contributed by atoms with Crippen molar-refractivity contribution in [3.05, 3.63) is 88.6 Å². The van der Waals surface area contributed by atoms with Crippen molar-refractivity contribution in [1.29, 1.82) is 0 Å². The number of halogens is 2. The standard InChI is InChI=1S/C19H14Cl2N2O/c1-2-10-24-23-19(15-7-5-8-16(20)18(15)21)14-11-13-6-3-4-9-17(13)22-12-14/h2-9,11-12H,1,10H2. The molecule has 0 unspecified atom stereocenters. The van der Waals surface area contributed by atoms with Gasteiger partial charge in [-0.2, -0.15) is 0 Å². The largest absolute Gasteiger partial charge is 0.391 e. The van der Waals surface area contributed by atoms with Crippen LogP contribution in [-0.2, 0) is 4.84 Å². The molecule has 0 N–H and O–H groups in total. The zero-order chi connectivity index (χ0) is 16.9. The Bertz CT molecular complexity index is 922. The molecule has 3 aromatic rings. The fourth-order valence-electron chi connectivity index (χ4n) is 2.30. The molecule has 0 aliphatic rings. The molecule has 0 saturated heterocycles. The number of hydrogen-bond donors (Lipinski definition) is 0. The average Bonchev–Trinajstić information content (AvgIpc) is 2.61. The van der Waals surface area contributed by atoms with Crippen LogP contribution in [0.25, 0.3) is 10.9 Å². The van der Waals surface area contributed by atoms with E-state index in [-0.39, 0.29) is 0 Å². The minimum atomic E-state index is 0.294. The summed E-state index contributed by atoms with van der Waals surface area (Å²) < 4.78 is 0. The Hall–Kier alpha value is -2.36. The van der Waals surface area contributed by atoms with E-state index in [4.69, 9.17) is 28.0 Å². The quantitative estimate of drug-likeness (QED) is 0.262. The molecule has 0 fully saturated rings.